The molecule has 2 aromatic rings. The summed E-state index contributed by atoms with van der Waals surface area (Å²) in [6.07, 6.45) is 1.93. The van der Waals surface area contributed by atoms with Crippen LogP contribution in [0.5, 0.6) is 0 Å². The highest BCUT2D eigenvalue weighted by Gasteiger charge is 2.44. The third-order valence-corrected chi connectivity index (χ3v) is 5.70. The van der Waals surface area contributed by atoms with Crippen molar-refractivity contribution >= 4 is 11.2 Å². The summed E-state index contributed by atoms with van der Waals surface area (Å²) in [6, 6.07) is 0. The number of aromatic nitrogens is 4. The Kier molecular flexibility index (Phi) is 7.45. The molecule has 3 rings (SSSR count). The molecule has 0 radical (unpaired) electrons. The maximum absolute atomic E-state index is 13.2. The van der Waals surface area contributed by atoms with Crippen molar-refractivity contribution in [3.8, 4) is 0 Å². The van der Waals surface area contributed by atoms with E-state index in [0.717, 1.165) is 32.1 Å². The first kappa shape index (κ1) is 22.7. The highest BCUT2D eigenvalue weighted by Crippen LogP contribution is 2.30. The third kappa shape index (κ3) is 4.09. The number of nitrogens with zero attached hydrogens (tertiary/aromatic N) is 4. The van der Waals surface area contributed by atoms with Crippen LogP contribution in [-0.4, -0.2) is 58.9 Å². The molecule has 30 heavy (non-hydrogen) atoms. The Morgan fingerprint density at radius 2 is 1.63 bits per heavy atom. The van der Waals surface area contributed by atoms with E-state index in [1.54, 1.807) is 0 Å². The fourth-order valence-corrected chi connectivity index (χ4v) is 3.95. The number of aliphatic hydroxyl groups is 3. The largest absolute Gasteiger partial charge is 0.394 e. The van der Waals surface area contributed by atoms with Crippen LogP contribution < -0.4 is 11.2 Å². The minimum Gasteiger partial charge on any atom is -0.394 e. The van der Waals surface area contributed by atoms with Crippen molar-refractivity contribution in [3.63, 3.8) is 0 Å². The van der Waals surface area contributed by atoms with E-state index >= 15 is 0 Å². The third-order valence-electron chi connectivity index (χ3n) is 5.70. The number of unbranched alkanes of at least 4 members (excludes halogenated alkanes) is 4. The van der Waals surface area contributed by atoms with Crippen molar-refractivity contribution < 1.29 is 20.1 Å². The van der Waals surface area contributed by atoms with Gasteiger partial charge in [0.2, 0.25) is 0 Å². The first-order chi connectivity index (χ1) is 14.5. The van der Waals surface area contributed by atoms with Crippen molar-refractivity contribution in [1.82, 2.24) is 18.7 Å². The maximum atomic E-state index is 13.2. The highest BCUT2D eigenvalue weighted by atomic mass is 16.6. The number of rotatable bonds is 10. The van der Waals surface area contributed by atoms with Gasteiger partial charge in [-0.25, -0.2) is 9.78 Å². The molecule has 4 atom stereocenters. The standard InChI is InChI=1S/C20H32N4O6/c1-3-5-7-9-22-17-14(18(28)23(20(22)29)10-8-6-4-2)24(12-21-17)19-16(27)15(26)13(11-25)30-19/h12-13,15-16,19,25-27H,3-11H2,1-2H3/t13-,15-,16-,19?/m1/s1. The Morgan fingerprint density at radius 3 is 2.20 bits per heavy atom. The summed E-state index contributed by atoms with van der Waals surface area (Å²) >= 11 is 0. The number of hydrogen-bond donors (Lipinski definition) is 3. The summed E-state index contributed by atoms with van der Waals surface area (Å²) in [6.45, 7) is 4.39. The molecule has 3 heterocycles. The van der Waals surface area contributed by atoms with Gasteiger partial charge in [-0.15, -0.1) is 0 Å². The van der Waals surface area contributed by atoms with Crippen LogP contribution in [0, 0.1) is 0 Å². The van der Waals surface area contributed by atoms with E-state index in [9.17, 15) is 24.9 Å². The van der Waals surface area contributed by atoms with Gasteiger partial charge >= 0.3 is 5.69 Å². The average molecular weight is 424 g/mol. The molecular formula is C20H32N4O6. The summed E-state index contributed by atoms with van der Waals surface area (Å²) in [5.74, 6) is 0. The summed E-state index contributed by atoms with van der Waals surface area (Å²) in [5, 5.41) is 29.9. The smallest absolute Gasteiger partial charge is 0.332 e. The van der Waals surface area contributed by atoms with Gasteiger partial charge in [-0.1, -0.05) is 39.5 Å². The SMILES string of the molecule is CCCCCn1c(=O)c2c(ncn2C2O[C@H](CO)[C@@H](O)[C@H]2O)n(CCCCC)c1=O. The number of ether oxygens (including phenoxy) is 1. The topological polar surface area (TPSA) is 132 Å². The second-order valence-electron chi connectivity index (χ2n) is 7.86. The van der Waals surface area contributed by atoms with Gasteiger partial charge in [0, 0.05) is 13.1 Å². The molecule has 0 aliphatic carbocycles. The van der Waals surface area contributed by atoms with Gasteiger partial charge in [0.1, 0.15) is 18.3 Å². The molecule has 10 heteroatoms. The van der Waals surface area contributed by atoms with Gasteiger partial charge in [-0.05, 0) is 12.8 Å². The van der Waals surface area contributed by atoms with Gasteiger partial charge in [0.05, 0.1) is 12.9 Å². The molecule has 0 spiro atoms. The predicted octanol–water partition coefficient (Wildman–Crippen LogP) is 0.352. The summed E-state index contributed by atoms with van der Waals surface area (Å²) in [5.41, 5.74) is -0.484. The van der Waals surface area contributed by atoms with Crippen LogP contribution >= 0.6 is 0 Å². The zero-order chi connectivity index (χ0) is 21.8. The van der Waals surface area contributed by atoms with Gasteiger partial charge in [0.15, 0.2) is 17.4 Å². The molecular weight excluding hydrogens is 392 g/mol. The number of imidazole rings is 1. The van der Waals surface area contributed by atoms with E-state index < -0.39 is 36.7 Å². The molecule has 3 N–H and O–H groups in total. The van der Waals surface area contributed by atoms with E-state index in [1.807, 2.05) is 6.92 Å². The predicted molar refractivity (Wildman–Crippen MR) is 110 cm³/mol. The zero-order valence-electron chi connectivity index (χ0n) is 17.6. The van der Waals surface area contributed by atoms with E-state index in [0.29, 0.717) is 19.5 Å². The van der Waals surface area contributed by atoms with Gasteiger partial charge < -0.3 is 20.1 Å². The monoisotopic (exact) mass is 424 g/mol. The Balaban J connectivity index is 2.12. The second kappa shape index (κ2) is 9.86. The van der Waals surface area contributed by atoms with Crippen LogP contribution in [0.4, 0.5) is 0 Å². The number of hydrogen-bond acceptors (Lipinski definition) is 7. The number of aryl methyl sites for hydroxylation is 1. The first-order valence-electron chi connectivity index (χ1n) is 10.8. The van der Waals surface area contributed by atoms with Gasteiger partial charge in [-0.2, -0.15) is 0 Å². The Bertz CT molecular complexity index is 965. The first-order valence-corrected chi connectivity index (χ1v) is 10.8. The normalized spacial score (nSPS) is 24.2. The van der Waals surface area contributed by atoms with Crippen molar-refractivity contribution in [2.45, 2.75) is 90.0 Å². The zero-order valence-corrected chi connectivity index (χ0v) is 17.6. The second-order valence-corrected chi connectivity index (χ2v) is 7.86. The molecule has 168 valence electrons. The molecule has 1 aliphatic rings. The molecule has 0 amide bonds. The molecule has 1 aliphatic heterocycles. The van der Waals surface area contributed by atoms with Crippen LogP contribution in [-0.2, 0) is 17.8 Å². The van der Waals surface area contributed by atoms with E-state index in [-0.39, 0.29) is 16.9 Å². The lowest BCUT2D eigenvalue weighted by atomic mass is 10.1. The van der Waals surface area contributed by atoms with Crippen molar-refractivity contribution in [2.24, 2.45) is 0 Å². The van der Waals surface area contributed by atoms with Crippen LogP contribution in [0.15, 0.2) is 15.9 Å². The van der Waals surface area contributed by atoms with Crippen LogP contribution in [0.25, 0.3) is 11.2 Å². The fourth-order valence-electron chi connectivity index (χ4n) is 3.95. The lowest BCUT2D eigenvalue weighted by molar-refractivity contribution is -0.0509. The fraction of sp³-hybridized carbons (Fsp3) is 0.750. The Hall–Kier alpha value is -2.01. The van der Waals surface area contributed by atoms with E-state index in [2.05, 4.69) is 11.9 Å². The van der Waals surface area contributed by atoms with E-state index in [4.69, 9.17) is 4.74 Å². The molecule has 10 nitrogen and oxygen atoms in total. The maximum Gasteiger partial charge on any atom is 0.332 e. The summed E-state index contributed by atoms with van der Waals surface area (Å²) < 4.78 is 9.69. The minimum absolute atomic E-state index is 0.150. The molecule has 1 saturated heterocycles. The summed E-state index contributed by atoms with van der Waals surface area (Å²) in [7, 11) is 0. The van der Waals surface area contributed by atoms with Crippen LogP contribution in [0.2, 0.25) is 0 Å². The van der Waals surface area contributed by atoms with Crippen LogP contribution in [0.3, 0.4) is 0 Å². The average Bonchev–Trinajstić information content (AvgIpc) is 3.29. The van der Waals surface area contributed by atoms with Gasteiger partial charge in [0.25, 0.3) is 5.56 Å². The lowest BCUT2D eigenvalue weighted by Gasteiger charge is -2.18. The molecule has 1 fully saturated rings. The van der Waals surface area contributed by atoms with Crippen LogP contribution in [0.1, 0.15) is 58.6 Å². The molecule has 0 saturated carbocycles. The molecule has 0 bridgehead atoms. The van der Waals surface area contributed by atoms with Crippen molar-refractivity contribution in [1.29, 1.82) is 0 Å². The van der Waals surface area contributed by atoms with E-state index in [1.165, 1.54) is 20.0 Å². The van der Waals surface area contributed by atoms with Crippen molar-refractivity contribution in [2.75, 3.05) is 6.61 Å². The van der Waals surface area contributed by atoms with Crippen molar-refractivity contribution in [3.05, 3.63) is 27.2 Å². The van der Waals surface area contributed by atoms with Gasteiger partial charge in [-0.3, -0.25) is 18.5 Å². The molecule has 2 aromatic heterocycles. The minimum atomic E-state index is -1.34. The molecule has 0 aromatic carbocycles. The Morgan fingerprint density at radius 1 is 1.00 bits per heavy atom. The number of fused-ring (bicyclic) bond motifs is 1. The molecule has 1 unspecified atom stereocenters. The summed E-state index contributed by atoms with van der Waals surface area (Å²) in [4.78, 5) is 30.6. The highest BCUT2D eigenvalue weighted by molar-refractivity contribution is 5.70. The number of aliphatic hydroxyl groups excluding tert-OH is 3. The quantitative estimate of drug-likeness (QED) is 0.469. The lowest BCUT2D eigenvalue weighted by Crippen LogP contribution is -2.41. The Labute approximate surface area is 174 Å².